The molecule has 0 aromatic heterocycles. The van der Waals surface area contributed by atoms with Crippen molar-refractivity contribution >= 4 is 7.98 Å². The Morgan fingerprint density at radius 1 is 1.00 bits per heavy atom. The summed E-state index contributed by atoms with van der Waals surface area (Å²) in [6.45, 7) is 19.9. The first-order valence-corrected chi connectivity index (χ1v) is 6.79. The van der Waals surface area contributed by atoms with E-state index >= 15 is 0 Å². The smallest absolute Gasteiger partial charge is 0.183 e. The van der Waals surface area contributed by atoms with Crippen molar-refractivity contribution in [2.75, 3.05) is 13.1 Å². The molecule has 0 aromatic rings. The fourth-order valence-electron chi connectivity index (χ4n) is 2.04. The Morgan fingerprint density at radius 2 is 1.47 bits per heavy atom. The summed E-state index contributed by atoms with van der Waals surface area (Å²) in [7, 11) is 6.19. The normalized spacial score (nSPS) is 15.6. The first-order valence-electron chi connectivity index (χ1n) is 6.79. The molecule has 0 heterocycles. The van der Waals surface area contributed by atoms with Crippen LogP contribution in [0.2, 0.25) is 0 Å². The van der Waals surface area contributed by atoms with Crippen LogP contribution in [0, 0.1) is 0 Å². The Hall–Kier alpha value is -0.0151. The largest absolute Gasteiger partial charge is 0.346 e. The van der Waals surface area contributed by atoms with Gasteiger partial charge in [0.05, 0.1) is 0 Å². The first-order chi connectivity index (χ1) is 7.50. The van der Waals surface area contributed by atoms with Crippen molar-refractivity contribution < 1.29 is 0 Å². The Bertz CT molecular complexity index is 215. The van der Waals surface area contributed by atoms with E-state index in [1.165, 1.54) is 6.42 Å². The van der Waals surface area contributed by atoms with E-state index in [9.17, 15) is 0 Å². The van der Waals surface area contributed by atoms with Crippen molar-refractivity contribution in [3.8, 4) is 0 Å². The lowest BCUT2D eigenvalue weighted by molar-refractivity contribution is 0.0882. The highest BCUT2D eigenvalue weighted by atomic mass is 15.2. The van der Waals surface area contributed by atoms with E-state index in [-0.39, 0.29) is 11.1 Å². The lowest BCUT2D eigenvalue weighted by atomic mass is 9.96. The molecule has 0 aliphatic carbocycles. The molecule has 3 heteroatoms. The molecule has 0 aliphatic rings. The van der Waals surface area contributed by atoms with Gasteiger partial charge in [-0.1, -0.05) is 6.92 Å². The maximum Gasteiger partial charge on any atom is 0.183 e. The molecule has 2 nitrogen and oxygen atoms in total. The molecule has 17 heavy (non-hydrogen) atoms. The zero-order chi connectivity index (χ0) is 13.9. The highest BCUT2D eigenvalue weighted by molar-refractivity contribution is 6.05. The van der Waals surface area contributed by atoms with E-state index in [0.29, 0.717) is 6.04 Å². The number of rotatable bonds is 5. The summed E-state index contributed by atoms with van der Waals surface area (Å²) in [6.07, 6.45) is 1.18. The van der Waals surface area contributed by atoms with Gasteiger partial charge in [-0.3, -0.25) is 4.90 Å². The Balaban J connectivity index is 4.56. The van der Waals surface area contributed by atoms with Crippen LogP contribution in [0.3, 0.4) is 0 Å². The van der Waals surface area contributed by atoms with Crippen LogP contribution in [0.5, 0.6) is 0 Å². The highest BCUT2D eigenvalue weighted by Crippen LogP contribution is 2.19. The summed E-state index contributed by atoms with van der Waals surface area (Å²) in [5.41, 5.74) is 0.234. The molecule has 100 valence electrons. The van der Waals surface area contributed by atoms with Gasteiger partial charge in [0.1, 0.15) is 0 Å². The van der Waals surface area contributed by atoms with Gasteiger partial charge in [0.15, 0.2) is 7.98 Å². The molecule has 1 unspecified atom stereocenters. The maximum atomic E-state index is 6.19. The van der Waals surface area contributed by atoms with E-state index in [2.05, 4.69) is 60.3 Å². The van der Waals surface area contributed by atoms with Gasteiger partial charge in [0.2, 0.25) is 0 Å². The van der Waals surface area contributed by atoms with Gasteiger partial charge in [-0.05, 0) is 61.4 Å². The van der Waals surface area contributed by atoms with E-state index in [1.807, 2.05) is 4.81 Å². The van der Waals surface area contributed by atoms with Crippen LogP contribution in [0.4, 0.5) is 0 Å². The van der Waals surface area contributed by atoms with Crippen molar-refractivity contribution in [2.45, 2.75) is 78.9 Å². The zero-order valence-corrected chi connectivity index (χ0v) is 13.2. The molecule has 2 radical (unpaired) electrons. The second-order valence-electron chi connectivity index (χ2n) is 7.04. The monoisotopic (exact) mass is 238 g/mol. The van der Waals surface area contributed by atoms with E-state index in [4.69, 9.17) is 7.98 Å². The van der Waals surface area contributed by atoms with Gasteiger partial charge in [-0.15, -0.1) is 0 Å². The Kier molecular flexibility index (Phi) is 6.23. The number of hydrogen-bond acceptors (Lipinski definition) is 2. The van der Waals surface area contributed by atoms with E-state index in [0.717, 1.165) is 13.1 Å². The minimum atomic E-state index is 0.0230. The SMILES string of the molecule is [B]N(C(C)CN(CCC)C(C)(C)C)C(C)(C)C. The summed E-state index contributed by atoms with van der Waals surface area (Å²) in [5.74, 6) is 0. The Morgan fingerprint density at radius 3 is 1.76 bits per heavy atom. The minimum Gasteiger partial charge on any atom is -0.346 e. The van der Waals surface area contributed by atoms with Gasteiger partial charge in [-0.25, -0.2) is 0 Å². The zero-order valence-electron chi connectivity index (χ0n) is 13.2. The molecule has 1 atom stereocenters. The van der Waals surface area contributed by atoms with Gasteiger partial charge >= 0.3 is 0 Å². The molecule has 0 fully saturated rings. The molecule has 0 spiro atoms. The molecule has 0 aliphatic heterocycles. The summed E-state index contributed by atoms with van der Waals surface area (Å²) in [6, 6.07) is 0.362. The molecular formula is C14H31BN2. The quantitative estimate of drug-likeness (QED) is 0.679. The average molecular weight is 238 g/mol. The average Bonchev–Trinajstić information content (AvgIpc) is 2.12. The van der Waals surface area contributed by atoms with Crippen molar-refractivity contribution in [3.63, 3.8) is 0 Å². The topological polar surface area (TPSA) is 6.48 Å². The van der Waals surface area contributed by atoms with Crippen molar-refractivity contribution in [2.24, 2.45) is 0 Å². The van der Waals surface area contributed by atoms with Gasteiger partial charge < -0.3 is 4.81 Å². The van der Waals surface area contributed by atoms with E-state index in [1.54, 1.807) is 0 Å². The summed E-state index contributed by atoms with van der Waals surface area (Å²) >= 11 is 0. The van der Waals surface area contributed by atoms with Crippen LogP contribution in [-0.2, 0) is 0 Å². The van der Waals surface area contributed by atoms with Crippen LogP contribution in [0.15, 0.2) is 0 Å². The van der Waals surface area contributed by atoms with Crippen LogP contribution in [0.1, 0.15) is 61.8 Å². The molecule has 0 saturated heterocycles. The fraction of sp³-hybridized carbons (Fsp3) is 1.00. The molecule has 0 saturated carbocycles. The highest BCUT2D eigenvalue weighted by Gasteiger charge is 2.27. The van der Waals surface area contributed by atoms with Crippen LogP contribution < -0.4 is 0 Å². The number of hydrogen-bond donors (Lipinski definition) is 0. The summed E-state index contributed by atoms with van der Waals surface area (Å²) < 4.78 is 0. The lowest BCUT2D eigenvalue weighted by Gasteiger charge is -2.43. The third kappa shape index (κ3) is 5.92. The molecular weight excluding hydrogens is 207 g/mol. The molecule has 0 amide bonds. The number of nitrogens with zero attached hydrogens (tertiary/aromatic N) is 2. The molecule has 0 bridgehead atoms. The predicted molar refractivity (Wildman–Crippen MR) is 78.4 cm³/mol. The standard InChI is InChI=1S/C14H31BN2/c1-9-10-16(13(3,4)5)11-12(2)17(15)14(6,7)8/h12H,9-11H2,1-8H3. The second-order valence-corrected chi connectivity index (χ2v) is 7.04. The molecule has 0 aromatic carbocycles. The minimum absolute atomic E-state index is 0.0230. The maximum absolute atomic E-state index is 6.19. The van der Waals surface area contributed by atoms with Crippen molar-refractivity contribution in [3.05, 3.63) is 0 Å². The first kappa shape index (κ1) is 17.0. The third-order valence-electron chi connectivity index (χ3n) is 3.18. The van der Waals surface area contributed by atoms with E-state index < -0.39 is 0 Å². The fourth-order valence-corrected chi connectivity index (χ4v) is 2.04. The third-order valence-corrected chi connectivity index (χ3v) is 3.18. The van der Waals surface area contributed by atoms with Crippen LogP contribution in [0.25, 0.3) is 0 Å². The molecule has 0 rings (SSSR count). The van der Waals surface area contributed by atoms with Gasteiger partial charge in [0, 0.05) is 23.7 Å². The summed E-state index contributed by atoms with van der Waals surface area (Å²) in [4.78, 5) is 4.49. The van der Waals surface area contributed by atoms with Gasteiger partial charge in [-0.2, -0.15) is 0 Å². The van der Waals surface area contributed by atoms with Crippen molar-refractivity contribution in [1.29, 1.82) is 0 Å². The predicted octanol–water partition coefficient (Wildman–Crippen LogP) is 3.07. The Labute approximate surface area is 110 Å². The second kappa shape index (κ2) is 6.24. The summed E-state index contributed by atoms with van der Waals surface area (Å²) in [5, 5.41) is 0. The van der Waals surface area contributed by atoms with Gasteiger partial charge in [0.25, 0.3) is 0 Å². The lowest BCUT2D eigenvalue weighted by Crippen LogP contribution is -2.53. The van der Waals surface area contributed by atoms with Crippen molar-refractivity contribution in [1.82, 2.24) is 9.71 Å². The van der Waals surface area contributed by atoms with Crippen LogP contribution >= 0.6 is 0 Å². The molecule has 0 N–H and O–H groups in total. The van der Waals surface area contributed by atoms with Crippen LogP contribution in [-0.4, -0.2) is 47.9 Å².